The van der Waals surface area contributed by atoms with Crippen molar-refractivity contribution in [3.8, 4) is 6.07 Å². The molecule has 1 aromatic rings. The zero-order valence-corrected chi connectivity index (χ0v) is 13.5. The molecule has 5 heteroatoms. The van der Waals surface area contributed by atoms with Crippen molar-refractivity contribution in [2.45, 2.75) is 25.8 Å². The lowest BCUT2D eigenvalue weighted by atomic mass is 9.95. The Morgan fingerprint density at radius 2 is 1.90 bits per heavy atom. The fourth-order valence-electron chi connectivity index (χ4n) is 2.69. The van der Waals surface area contributed by atoms with Crippen molar-refractivity contribution < 1.29 is 0 Å². The van der Waals surface area contributed by atoms with Crippen molar-refractivity contribution in [2.24, 2.45) is 0 Å². The lowest BCUT2D eigenvalue weighted by Gasteiger charge is -2.35. The van der Waals surface area contributed by atoms with Crippen LogP contribution in [0.25, 0.3) is 0 Å². The van der Waals surface area contributed by atoms with Crippen molar-refractivity contribution in [1.82, 2.24) is 10.2 Å². The van der Waals surface area contributed by atoms with E-state index in [0.717, 1.165) is 44.6 Å². The van der Waals surface area contributed by atoms with Crippen LogP contribution >= 0.6 is 24.8 Å². The van der Waals surface area contributed by atoms with Crippen LogP contribution in [0.3, 0.4) is 0 Å². The molecule has 0 saturated carbocycles. The summed E-state index contributed by atoms with van der Waals surface area (Å²) in [5, 5.41) is 12.6. The average molecular weight is 316 g/mol. The largest absolute Gasteiger partial charge is 0.314 e. The quantitative estimate of drug-likeness (QED) is 0.927. The first-order chi connectivity index (χ1) is 8.86. The molecule has 0 unspecified atom stereocenters. The molecule has 112 valence electrons. The van der Waals surface area contributed by atoms with Crippen LogP contribution in [-0.4, -0.2) is 31.1 Å². The minimum atomic E-state index is 0. The predicted octanol–water partition coefficient (Wildman–Crippen LogP) is 3.15. The molecule has 0 aliphatic carbocycles. The van der Waals surface area contributed by atoms with Crippen LogP contribution in [0.2, 0.25) is 0 Å². The fourth-order valence-corrected chi connectivity index (χ4v) is 2.69. The third-order valence-electron chi connectivity index (χ3n) is 3.59. The first-order valence-corrected chi connectivity index (χ1v) is 6.80. The SMILES string of the molecule is CCC[C@H](c1ccccc1C#N)N1CCNCC1.Cl.Cl. The van der Waals surface area contributed by atoms with Gasteiger partial charge in [0.25, 0.3) is 0 Å². The molecule has 0 radical (unpaired) electrons. The molecule has 0 bridgehead atoms. The fraction of sp³-hybridized carbons (Fsp3) is 0.533. The number of piperazine rings is 1. The van der Waals surface area contributed by atoms with E-state index in [1.165, 1.54) is 5.56 Å². The zero-order valence-electron chi connectivity index (χ0n) is 11.8. The molecule has 1 atom stereocenters. The summed E-state index contributed by atoms with van der Waals surface area (Å²) in [5.74, 6) is 0. The topological polar surface area (TPSA) is 39.1 Å². The Kier molecular flexibility index (Phi) is 9.62. The third-order valence-corrected chi connectivity index (χ3v) is 3.59. The van der Waals surface area contributed by atoms with Crippen LogP contribution < -0.4 is 5.32 Å². The van der Waals surface area contributed by atoms with E-state index in [2.05, 4.69) is 29.3 Å². The van der Waals surface area contributed by atoms with E-state index in [1.807, 2.05) is 18.2 Å². The van der Waals surface area contributed by atoms with Crippen molar-refractivity contribution in [3.63, 3.8) is 0 Å². The Morgan fingerprint density at radius 1 is 1.25 bits per heavy atom. The number of halogens is 2. The van der Waals surface area contributed by atoms with Crippen LogP contribution in [0.15, 0.2) is 24.3 Å². The molecular weight excluding hydrogens is 293 g/mol. The normalized spacial score (nSPS) is 16.4. The van der Waals surface area contributed by atoms with Gasteiger partial charge in [-0.3, -0.25) is 4.90 Å². The van der Waals surface area contributed by atoms with E-state index in [4.69, 9.17) is 0 Å². The smallest absolute Gasteiger partial charge is 0.0995 e. The number of hydrogen-bond acceptors (Lipinski definition) is 3. The zero-order chi connectivity index (χ0) is 12.8. The maximum absolute atomic E-state index is 9.25. The number of nitrogens with zero attached hydrogens (tertiary/aromatic N) is 2. The number of rotatable bonds is 4. The Labute approximate surface area is 134 Å². The lowest BCUT2D eigenvalue weighted by Crippen LogP contribution is -2.45. The van der Waals surface area contributed by atoms with Gasteiger partial charge >= 0.3 is 0 Å². The Morgan fingerprint density at radius 3 is 2.50 bits per heavy atom. The second-order valence-electron chi connectivity index (χ2n) is 4.79. The summed E-state index contributed by atoms with van der Waals surface area (Å²) in [6, 6.07) is 10.8. The summed E-state index contributed by atoms with van der Waals surface area (Å²) in [6.45, 7) is 6.46. The van der Waals surface area contributed by atoms with Gasteiger partial charge in [-0.25, -0.2) is 0 Å². The summed E-state index contributed by atoms with van der Waals surface area (Å²) in [5.41, 5.74) is 2.03. The van der Waals surface area contributed by atoms with Gasteiger partial charge in [-0.2, -0.15) is 5.26 Å². The molecule has 1 heterocycles. The molecule has 1 fully saturated rings. The van der Waals surface area contributed by atoms with Gasteiger partial charge in [-0.1, -0.05) is 31.5 Å². The number of nitriles is 1. The summed E-state index contributed by atoms with van der Waals surface area (Å²) in [7, 11) is 0. The van der Waals surface area contributed by atoms with Gasteiger partial charge in [0.1, 0.15) is 0 Å². The molecule has 3 nitrogen and oxygen atoms in total. The molecule has 20 heavy (non-hydrogen) atoms. The highest BCUT2D eigenvalue weighted by Gasteiger charge is 2.23. The van der Waals surface area contributed by atoms with Crippen LogP contribution in [0.4, 0.5) is 0 Å². The van der Waals surface area contributed by atoms with E-state index in [9.17, 15) is 5.26 Å². The third kappa shape index (κ3) is 4.64. The summed E-state index contributed by atoms with van der Waals surface area (Å²) >= 11 is 0. The lowest BCUT2D eigenvalue weighted by molar-refractivity contribution is 0.164. The van der Waals surface area contributed by atoms with Crippen LogP contribution in [0.5, 0.6) is 0 Å². The van der Waals surface area contributed by atoms with E-state index in [-0.39, 0.29) is 24.8 Å². The van der Waals surface area contributed by atoms with Gasteiger partial charge in [-0.05, 0) is 18.1 Å². The molecule has 0 aromatic heterocycles. The second-order valence-corrected chi connectivity index (χ2v) is 4.79. The van der Waals surface area contributed by atoms with Crippen LogP contribution in [-0.2, 0) is 0 Å². The highest BCUT2D eigenvalue weighted by molar-refractivity contribution is 5.85. The Hall–Kier alpha value is -0.790. The summed E-state index contributed by atoms with van der Waals surface area (Å²) < 4.78 is 0. The minimum absolute atomic E-state index is 0. The van der Waals surface area contributed by atoms with Crippen molar-refractivity contribution >= 4 is 24.8 Å². The van der Waals surface area contributed by atoms with Crippen LogP contribution in [0, 0.1) is 11.3 Å². The van der Waals surface area contributed by atoms with Crippen LogP contribution in [0.1, 0.15) is 36.9 Å². The van der Waals surface area contributed by atoms with Gasteiger partial charge in [-0.15, -0.1) is 24.8 Å². The predicted molar refractivity (Wildman–Crippen MR) is 87.7 cm³/mol. The van der Waals surface area contributed by atoms with Gasteiger partial charge < -0.3 is 5.32 Å². The number of nitrogens with one attached hydrogen (secondary N) is 1. The Bertz CT molecular complexity index is 425. The van der Waals surface area contributed by atoms with E-state index in [1.54, 1.807) is 0 Å². The monoisotopic (exact) mass is 315 g/mol. The number of hydrogen-bond donors (Lipinski definition) is 1. The summed E-state index contributed by atoms with van der Waals surface area (Å²) in [4.78, 5) is 2.51. The molecule has 0 spiro atoms. The average Bonchev–Trinajstić information content (AvgIpc) is 2.46. The summed E-state index contributed by atoms with van der Waals surface area (Å²) in [6.07, 6.45) is 2.27. The van der Waals surface area contributed by atoms with Crippen molar-refractivity contribution in [2.75, 3.05) is 26.2 Å². The van der Waals surface area contributed by atoms with E-state index >= 15 is 0 Å². The molecular formula is C15H23Cl2N3. The number of benzene rings is 1. The molecule has 1 aliphatic rings. The maximum Gasteiger partial charge on any atom is 0.0995 e. The molecule has 1 N–H and O–H groups in total. The molecule has 1 aliphatic heterocycles. The molecule has 0 amide bonds. The molecule has 1 saturated heterocycles. The minimum Gasteiger partial charge on any atom is -0.314 e. The second kappa shape index (κ2) is 10.0. The maximum atomic E-state index is 9.25. The molecule has 1 aromatic carbocycles. The molecule has 2 rings (SSSR count). The first kappa shape index (κ1) is 19.2. The van der Waals surface area contributed by atoms with Gasteiger partial charge in [0, 0.05) is 32.2 Å². The Balaban J connectivity index is 0.00000180. The highest BCUT2D eigenvalue weighted by atomic mass is 35.5. The van der Waals surface area contributed by atoms with Gasteiger partial charge in [0.15, 0.2) is 0 Å². The van der Waals surface area contributed by atoms with Crippen molar-refractivity contribution in [1.29, 1.82) is 5.26 Å². The van der Waals surface area contributed by atoms with E-state index in [0.29, 0.717) is 6.04 Å². The van der Waals surface area contributed by atoms with Gasteiger partial charge in [0.2, 0.25) is 0 Å². The van der Waals surface area contributed by atoms with Gasteiger partial charge in [0.05, 0.1) is 11.6 Å². The first-order valence-electron chi connectivity index (χ1n) is 6.80. The van der Waals surface area contributed by atoms with E-state index < -0.39 is 0 Å². The standard InChI is InChI=1S/C15H21N3.2ClH/c1-2-5-15(18-10-8-17-9-11-18)14-7-4-3-6-13(14)12-16;;/h3-4,6-7,15,17H,2,5,8-11H2,1H3;2*1H/t15-;;/m1../s1. The highest BCUT2D eigenvalue weighted by Crippen LogP contribution is 2.28. The van der Waals surface area contributed by atoms with Crippen molar-refractivity contribution in [3.05, 3.63) is 35.4 Å².